The van der Waals surface area contributed by atoms with E-state index in [1.54, 1.807) is 20.8 Å². The molecular weight excluding hydrogens is 303 g/mol. The van der Waals surface area contributed by atoms with Crippen LogP contribution in [0.4, 0.5) is 18.0 Å². The first-order chi connectivity index (χ1) is 9.65. The number of nitrogens with zero attached hydrogens (tertiary/aromatic N) is 1. The minimum absolute atomic E-state index is 0.519. The van der Waals surface area contributed by atoms with Gasteiger partial charge in [0.05, 0.1) is 17.8 Å². The standard InChI is InChI=1S/C13H22F3N3O3/c1-11(2,3)22-10(20)19-8(6-17)9(13(14,15)16)18-7-12(4,5)21/h6,21H,7,17H2,1-5H3,(H,19,20). The van der Waals surface area contributed by atoms with Gasteiger partial charge in [-0.15, -0.1) is 0 Å². The van der Waals surface area contributed by atoms with Crippen LogP contribution in [0, 0.1) is 0 Å². The number of hydrogen-bond acceptors (Lipinski definition) is 5. The van der Waals surface area contributed by atoms with Crippen LogP contribution in [0.2, 0.25) is 0 Å². The molecule has 0 aromatic heterocycles. The molecule has 0 spiro atoms. The van der Waals surface area contributed by atoms with E-state index in [9.17, 15) is 23.1 Å². The third-order valence-corrected chi connectivity index (χ3v) is 1.95. The first-order valence-electron chi connectivity index (χ1n) is 6.42. The summed E-state index contributed by atoms with van der Waals surface area (Å²) < 4.78 is 43.9. The van der Waals surface area contributed by atoms with Crippen molar-refractivity contribution in [3.05, 3.63) is 11.9 Å². The number of halogens is 3. The third kappa shape index (κ3) is 8.50. The van der Waals surface area contributed by atoms with Crippen LogP contribution in [0.25, 0.3) is 0 Å². The number of allylic oxidation sites excluding steroid dienone is 1. The molecule has 0 saturated heterocycles. The molecule has 0 atom stereocenters. The number of carbonyl (C=O) groups excluding carboxylic acids is 1. The largest absolute Gasteiger partial charge is 0.444 e. The molecule has 0 aromatic rings. The maximum Gasteiger partial charge on any atom is 0.435 e. The summed E-state index contributed by atoms with van der Waals surface area (Å²) in [7, 11) is 0. The van der Waals surface area contributed by atoms with Crippen molar-refractivity contribution in [2.75, 3.05) is 6.54 Å². The second kappa shape index (κ2) is 6.99. The highest BCUT2D eigenvalue weighted by Crippen LogP contribution is 2.22. The van der Waals surface area contributed by atoms with Gasteiger partial charge < -0.3 is 15.6 Å². The van der Waals surface area contributed by atoms with Crippen molar-refractivity contribution in [3.63, 3.8) is 0 Å². The topological polar surface area (TPSA) is 96.9 Å². The monoisotopic (exact) mass is 325 g/mol. The first-order valence-corrected chi connectivity index (χ1v) is 6.42. The van der Waals surface area contributed by atoms with Gasteiger partial charge >= 0.3 is 12.3 Å². The average molecular weight is 325 g/mol. The Hall–Kier alpha value is -1.77. The summed E-state index contributed by atoms with van der Waals surface area (Å²) in [6.07, 6.45) is -5.38. The van der Waals surface area contributed by atoms with E-state index in [2.05, 4.69) is 4.99 Å². The molecule has 0 aliphatic rings. The van der Waals surface area contributed by atoms with E-state index in [0.717, 1.165) is 0 Å². The van der Waals surface area contributed by atoms with Gasteiger partial charge in [0.25, 0.3) is 0 Å². The average Bonchev–Trinajstić information content (AvgIpc) is 2.21. The number of aliphatic imine (C=N–C) groups is 1. The predicted molar refractivity (Wildman–Crippen MR) is 76.3 cm³/mol. The Kier molecular flexibility index (Phi) is 6.43. The minimum atomic E-state index is -4.86. The lowest BCUT2D eigenvalue weighted by molar-refractivity contribution is -0.0589. The van der Waals surface area contributed by atoms with Crippen molar-refractivity contribution in [2.45, 2.75) is 52.0 Å². The van der Waals surface area contributed by atoms with Gasteiger partial charge in [-0.1, -0.05) is 0 Å². The zero-order valence-electron chi connectivity index (χ0n) is 13.2. The quantitative estimate of drug-likeness (QED) is 0.689. The highest BCUT2D eigenvalue weighted by atomic mass is 19.4. The maximum absolute atomic E-state index is 13.0. The van der Waals surface area contributed by atoms with Crippen LogP contribution < -0.4 is 11.1 Å². The number of amides is 1. The molecule has 6 nitrogen and oxygen atoms in total. The minimum Gasteiger partial charge on any atom is -0.444 e. The zero-order chi connectivity index (χ0) is 17.8. The van der Waals surface area contributed by atoms with E-state index in [1.165, 1.54) is 13.8 Å². The number of rotatable bonds is 4. The van der Waals surface area contributed by atoms with Gasteiger partial charge in [0, 0.05) is 6.20 Å². The van der Waals surface area contributed by atoms with Crippen LogP contribution in [0.3, 0.4) is 0 Å². The van der Waals surface area contributed by atoms with Gasteiger partial charge in [-0.05, 0) is 34.6 Å². The van der Waals surface area contributed by atoms with Gasteiger partial charge in [0.2, 0.25) is 0 Å². The Bertz CT molecular complexity index is 458. The summed E-state index contributed by atoms with van der Waals surface area (Å²) in [5.41, 5.74) is 0.677. The van der Waals surface area contributed by atoms with Gasteiger partial charge in [0.15, 0.2) is 5.71 Å². The Morgan fingerprint density at radius 2 is 1.77 bits per heavy atom. The second-order valence-corrected chi connectivity index (χ2v) is 6.18. The number of alkyl carbamates (subject to hydrolysis) is 1. The summed E-state index contributed by atoms with van der Waals surface area (Å²) in [5, 5.41) is 11.4. The summed E-state index contributed by atoms with van der Waals surface area (Å²) in [6.45, 7) is 6.77. The molecule has 0 unspecified atom stereocenters. The first kappa shape index (κ1) is 20.2. The number of nitrogens with one attached hydrogen (secondary N) is 1. The SMILES string of the molecule is CC(C)(O)CN=C(C(=CN)NC(=O)OC(C)(C)C)C(F)(F)F. The van der Waals surface area contributed by atoms with Crippen LogP contribution in [-0.4, -0.2) is 40.8 Å². The Balaban J connectivity index is 5.32. The van der Waals surface area contributed by atoms with Gasteiger partial charge in [-0.25, -0.2) is 4.79 Å². The number of hydrogen-bond donors (Lipinski definition) is 3. The molecule has 22 heavy (non-hydrogen) atoms. The van der Waals surface area contributed by atoms with Gasteiger partial charge in [0.1, 0.15) is 5.60 Å². The molecular formula is C13H22F3N3O3. The lowest BCUT2D eigenvalue weighted by atomic mass is 10.1. The van der Waals surface area contributed by atoms with Gasteiger partial charge in [-0.3, -0.25) is 10.3 Å². The maximum atomic E-state index is 13.0. The molecule has 0 fully saturated rings. The highest BCUT2D eigenvalue weighted by Gasteiger charge is 2.39. The number of alkyl halides is 3. The molecule has 1 amide bonds. The van der Waals surface area contributed by atoms with E-state index in [4.69, 9.17) is 10.5 Å². The summed E-state index contributed by atoms with van der Waals surface area (Å²) >= 11 is 0. The number of carbonyl (C=O) groups is 1. The van der Waals surface area contributed by atoms with E-state index >= 15 is 0 Å². The van der Waals surface area contributed by atoms with Crippen molar-refractivity contribution in [3.8, 4) is 0 Å². The second-order valence-electron chi connectivity index (χ2n) is 6.18. The number of ether oxygens (including phenoxy) is 1. The van der Waals surface area contributed by atoms with Crippen LogP contribution in [0.5, 0.6) is 0 Å². The fourth-order valence-electron chi connectivity index (χ4n) is 1.19. The molecule has 0 heterocycles. The van der Waals surface area contributed by atoms with E-state index < -0.39 is 41.4 Å². The lowest BCUT2D eigenvalue weighted by Gasteiger charge is -2.22. The Labute approximate surface area is 127 Å². The molecule has 0 radical (unpaired) electrons. The van der Waals surface area contributed by atoms with E-state index in [1.807, 2.05) is 5.32 Å². The van der Waals surface area contributed by atoms with Crippen molar-refractivity contribution in [2.24, 2.45) is 10.7 Å². The summed E-state index contributed by atoms with van der Waals surface area (Å²) in [5.74, 6) is 0. The van der Waals surface area contributed by atoms with Crippen LogP contribution >= 0.6 is 0 Å². The molecule has 9 heteroatoms. The summed E-state index contributed by atoms with van der Waals surface area (Å²) in [4.78, 5) is 14.9. The lowest BCUT2D eigenvalue weighted by Crippen LogP contribution is -2.39. The van der Waals surface area contributed by atoms with E-state index in [-0.39, 0.29) is 0 Å². The number of aliphatic hydroxyl groups is 1. The highest BCUT2D eigenvalue weighted by molar-refractivity contribution is 6.05. The molecule has 4 N–H and O–H groups in total. The smallest absolute Gasteiger partial charge is 0.435 e. The molecule has 0 bridgehead atoms. The van der Waals surface area contributed by atoms with Crippen LogP contribution in [0.1, 0.15) is 34.6 Å². The van der Waals surface area contributed by atoms with Crippen molar-refractivity contribution < 1.29 is 27.8 Å². The molecule has 0 aromatic carbocycles. The van der Waals surface area contributed by atoms with E-state index in [0.29, 0.717) is 6.20 Å². The molecule has 0 aliphatic carbocycles. The third-order valence-electron chi connectivity index (χ3n) is 1.95. The molecule has 0 saturated carbocycles. The zero-order valence-corrected chi connectivity index (χ0v) is 13.2. The van der Waals surface area contributed by atoms with Crippen LogP contribution in [-0.2, 0) is 4.74 Å². The Morgan fingerprint density at radius 1 is 1.27 bits per heavy atom. The number of nitrogens with two attached hydrogens (primary N) is 1. The van der Waals surface area contributed by atoms with Crippen molar-refractivity contribution in [1.82, 2.24) is 5.32 Å². The Morgan fingerprint density at radius 3 is 2.09 bits per heavy atom. The molecule has 0 aliphatic heterocycles. The fourth-order valence-corrected chi connectivity index (χ4v) is 1.19. The van der Waals surface area contributed by atoms with Crippen LogP contribution in [0.15, 0.2) is 16.9 Å². The van der Waals surface area contributed by atoms with Crippen molar-refractivity contribution >= 4 is 11.8 Å². The normalized spacial score (nSPS) is 14.8. The molecule has 128 valence electrons. The van der Waals surface area contributed by atoms with Crippen molar-refractivity contribution in [1.29, 1.82) is 0 Å². The molecule has 0 rings (SSSR count). The fraction of sp³-hybridized carbons (Fsp3) is 0.692. The van der Waals surface area contributed by atoms with Gasteiger partial charge in [-0.2, -0.15) is 13.2 Å². The summed E-state index contributed by atoms with van der Waals surface area (Å²) in [6, 6.07) is 0. The predicted octanol–water partition coefficient (Wildman–Crippen LogP) is 2.09.